The summed E-state index contributed by atoms with van der Waals surface area (Å²) in [6.45, 7) is -0.234. The smallest absolute Gasteiger partial charge is 0.430 e. The second-order valence-electron chi connectivity index (χ2n) is 27.9. The van der Waals surface area contributed by atoms with Crippen molar-refractivity contribution < 1.29 is 125 Å². The summed E-state index contributed by atoms with van der Waals surface area (Å²) in [5.74, 6) is -3.54. The van der Waals surface area contributed by atoms with Gasteiger partial charge in [0, 0.05) is 99.7 Å². The average Bonchev–Trinajstić information content (AvgIpc) is 0.896. The summed E-state index contributed by atoms with van der Waals surface area (Å²) in [6, 6.07) is 49.3. The molecule has 0 amide bonds. The van der Waals surface area contributed by atoms with Crippen LogP contribution in [-0.2, 0) is 66.3 Å². The fourth-order valence-corrected chi connectivity index (χ4v) is 17.8. The van der Waals surface area contributed by atoms with Crippen molar-refractivity contribution >= 4 is 91.7 Å². The molecular weight excluding hydrogens is 1820 g/mol. The summed E-state index contributed by atoms with van der Waals surface area (Å²) in [7, 11) is -5.91. The van der Waals surface area contributed by atoms with Crippen LogP contribution in [0, 0.1) is 17.5 Å². The minimum absolute atomic E-state index is 0.000261. The molecule has 0 saturated heterocycles. The largest absolute Gasteiger partial charge is 0.497 e. The van der Waals surface area contributed by atoms with Crippen LogP contribution in [0.25, 0.3) is 49.8 Å². The fraction of sp³-hybridized carbons (Fsp3) is 0.161. The Morgan fingerprint density at radius 2 is 0.808 bits per heavy atom. The molecule has 15 aromatic rings. The van der Waals surface area contributed by atoms with E-state index in [9.17, 15) is 87.9 Å². The number of nitrogens with zero attached hydrogens (tertiary/aromatic N) is 8. The van der Waals surface area contributed by atoms with Gasteiger partial charge in [-0.3, -0.25) is 28.1 Å². The molecule has 0 saturated carbocycles. The lowest BCUT2D eigenvalue weighted by Crippen LogP contribution is -2.31. The van der Waals surface area contributed by atoms with Crippen LogP contribution in [0.1, 0.15) is 39.6 Å². The van der Waals surface area contributed by atoms with Crippen molar-refractivity contribution in [2.45, 2.75) is 71.0 Å². The highest BCUT2D eigenvalue weighted by atomic mass is 32.2. The highest BCUT2D eigenvalue weighted by molar-refractivity contribution is 7.93. The van der Waals surface area contributed by atoms with Gasteiger partial charge in [-0.15, -0.1) is 0 Å². The number of benzene rings is 9. The third kappa shape index (κ3) is 21.0. The lowest BCUT2D eigenvalue weighted by Gasteiger charge is -2.24. The molecule has 0 bridgehead atoms. The van der Waals surface area contributed by atoms with Crippen LogP contribution >= 0.6 is 12.2 Å². The zero-order valence-electron chi connectivity index (χ0n) is 67.7. The van der Waals surface area contributed by atoms with E-state index in [1.165, 1.54) is 150 Å². The molecule has 0 aliphatic carbocycles. The number of ether oxygens (including phenoxy) is 7. The molecule has 130 heavy (non-hydrogen) atoms. The lowest BCUT2D eigenvalue weighted by atomic mass is 10.1. The van der Waals surface area contributed by atoms with Gasteiger partial charge in [-0.25, -0.2) is 47.0 Å². The van der Waals surface area contributed by atoms with Gasteiger partial charge in [0.15, 0.2) is 21.5 Å². The third-order valence-electron chi connectivity index (χ3n) is 19.5. The monoisotopic (exact) mass is 1880 g/mol. The van der Waals surface area contributed by atoms with Crippen molar-refractivity contribution in [3.05, 3.63) is 325 Å². The second kappa shape index (κ2) is 38.2. The van der Waals surface area contributed by atoms with Crippen LogP contribution in [0.5, 0.6) is 34.5 Å². The first-order valence-electron chi connectivity index (χ1n) is 37.7. The summed E-state index contributed by atoms with van der Waals surface area (Å²) in [5, 5.41) is 11.1. The van der Waals surface area contributed by atoms with Crippen molar-refractivity contribution in [2.75, 3.05) is 44.2 Å². The van der Waals surface area contributed by atoms with Crippen LogP contribution in [0.15, 0.2) is 286 Å². The summed E-state index contributed by atoms with van der Waals surface area (Å²) in [4.78, 5) is 38.6. The minimum atomic E-state index is -5.16. The SMILES string of the molecule is COc1cc(CC(F)(F)F)c(F)cc1-n1c(=O)ccc2cc(S(=O)(=O)Cc3ccon3)ccc21.COc1ccc(CN(c2ccon2)S(=O)(=O)c2ccc3c(ccc(=O)n3-c3cc(F)c(C(OC(=S)Oc4ccccc4)C(F)(F)F)cc3OC)c2)cc1.COc1ccc(CN(c2ccon2)S(=O)(=O)c2ccc3c(ccc(=O)n3-c3cc(F)c(CC(F)(F)F)cc3OC)c2)cc1. The number of methoxy groups -OCH3 is 5. The van der Waals surface area contributed by atoms with Gasteiger partial charge in [0.25, 0.3) is 36.7 Å². The van der Waals surface area contributed by atoms with Crippen LogP contribution in [0.2, 0.25) is 0 Å². The normalized spacial score (nSPS) is 12.2. The summed E-state index contributed by atoms with van der Waals surface area (Å²) in [5.41, 5.74) is -2.92. The van der Waals surface area contributed by atoms with Crippen LogP contribution in [-0.4, -0.2) is 114 Å². The molecule has 9 aromatic carbocycles. The summed E-state index contributed by atoms with van der Waals surface area (Å²) >= 11 is 4.87. The number of alkyl halides is 9. The molecule has 27 nitrogen and oxygen atoms in total. The fourth-order valence-electron chi connectivity index (χ4n) is 13.5. The number of para-hydroxylation sites is 1. The predicted molar refractivity (Wildman–Crippen MR) is 450 cm³/mol. The Morgan fingerprint density at radius 1 is 0.423 bits per heavy atom. The van der Waals surface area contributed by atoms with Gasteiger partial charge in [0.2, 0.25) is 6.10 Å². The standard InChI is InChI=1S/C36H27F4N3O8S2.C29H23F4N3O6S.C22H16F4N2O5S/c1-47-24-11-8-22(9-12-24)21-42(32-16-17-49-41-32)53(45,46)26-13-14-29-23(18-26)10-15-33(44)43(29)30-20-28(37)27(19-31(30)48-2)34(36(38,39)40)51-35(52)50-25-6-4-3-5-7-25;1-40-21-6-3-18(4-7-21)17-35(27-11-12-42-34-27)43(38,39)22-8-9-24-19(13-22)5-10-28(37)36(24)25-15-23(30)20(14-26(25)41-2)16-29(31,32)33;1-32-20-9-14(11-22(24,25)26)17(23)10-19(20)28-18-4-3-16(8-13(18)2-5-21(28)29)34(30,31)12-15-6-7-33-27-15/h3-20,34H,21H2,1-2H3;3-15H,16-17H2,1-2H3;2-10H,11-12H2,1H3. The van der Waals surface area contributed by atoms with Crippen LogP contribution in [0.3, 0.4) is 0 Å². The first-order chi connectivity index (χ1) is 61.7. The van der Waals surface area contributed by atoms with E-state index in [4.69, 9.17) is 54.4 Å². The molecule has 6 aromatic heterocycles. The van der Waals surface area contributed by atoms with Crippen molar-refractivity contribution in [3.63, 3.8) is 0 Å². The third-order valence-corrected chi connectivity index (χ3v) is 24.8. The van der Waals surface area contributed by atoms with E-state index in [1.807, 2.05) is 0 Å². The zero-order valence-corrected chi connectivity index (χ0v) is 71.0. The summed E-state index contributed by atoms with van der Waals surface area (Å²) in [6.07, 6.45) is -16.7. The van der Waals surface area contributed by atoms with E-state index in [-0.39, 0.29) is 112 Å². The Balaban J connectivity index is 0.000000170. The molecule has 0 spiro atoms. The van der Waals surface area contributed by atoms with Crippen molar-refractivity contribution in [2.24, 2.45) is 0 Å². The molecule has 0 aliphatic rings. The molecule has 0 radical (unpaired) electrons. The number of hydrogen-bond donors (Lipinski definition) is 0. The lowest BCUT2D eigenvalue weighted by molar-refractivity contribution is -0.204. The quantitative estimate of drug-likeness (QED) is 0.0359. The van der Waals surface area contributed by atoms with E-state index < -0.39 is 129 Å². The molecule has 676 valence electrons. The Hall–Kier alpha value is -14.5. The molecule has 0 fully saturated rings. The van der Waals surface area contributed by atoms with Gasteiger partial charge < -0.3 is 46.7 Å². The second-order valence-corrected chi connectivity index (χ2v) is 34.0. The van der Waals surface area contributed by atoms with E-state index in [0.717, 1.165) is 78.0 Å². The topological polar surface area (TPSA) is 318 Å². The Labute approximate surface area is 733 Å². The number of aromatic nitrogens is 6. The first-order valence-corrected chi connectivity index (χ1v) is 42.6. The Morgan fingerprint density at radius 3 is 1.18 bits per heavy atom. The van der Waals surface area contributed by atoms with Crippen LogP contribution < -0.4 is 53.7 Å². The number of halogens is 12. The number of sulfonamides is 2. The molecule has 6 heterocycles. The number of pyridine rings is 3. The maximum absolute atomic E-state index is 15.8. The Kier molecular flexibility index (Phi) is 27.4. The number of sulfone groups is 1. The number of hydrogen-bond acceptors (Lipinski definition) is 23. The zero-order chi connectivity index (χ0) is 93.5. The Bertz CT molecular complexity index is 7240. The van der Waals surface area contributed by atoms with Crippen molar-refractivity contribution in [1.82, 2.24) is 29.2 Å². The van der Waals surface area contributed by atoms with Crippen molar-refractivity contribution in [3.8, 4) is 51.6 Å². The maximum Gasteiger partial charge on any atom is 0.430 e. The van der Waals surface area contributed by atoms with Gasteiger partial charge >= 0.3 is 23.8 Å². The number of fused-ring (bicyclic) bond motifs is 3. The average molecular weight is 1880 g/mol. The minimum Gasteiger partial charge on any atom is -0.497 e. The van der Waals surface area contributed by atoms with Crippen LogP contribution in [0.4, 0.5) is 64.3 Å². The van der Waals surface area contributed by atoms with E-state index in [0.29, 0.717) is 34.1 Å². The molecule has 1 atom stereocenters. The molecule has 1 unspecified atom stereocenters. The molecule has 15 rings (SSSR count). The van der Waals surface area contributed by atoms with E-state index >= 15 is 4.39 Å². The predicted octanol–water partition coefficient (Wildman–Crippen LogP) is 17.4. The van der Waals surface area contributed by atoms with E-state index in [1.54, 1.807) is 66.7 Å². The van der Waals surface area contributed by atoms with Gasteiger partial charge in [-0.2, -0.15) is 39.5 Å². The number of rotatable bonds is 26. The van der Waals surface area contributed by atoms with E-state index in [2.05, 4.69) is 20.0 Å². The molecule has 0 aliphatic heterocycles. The molecule has 43 heteroatoms. The summed E-state index contributed by atoms with van der Waals surface area (Å²) < 4.78 is 302. The van der Waals surface area contributed by atoms with Crippen molar-refractivity contribution in [1.29, 1.82) is 0 Å². The highest BCUT2D eigenvalue weighted by Gasteiger charge is 2.46. The number of anilines is 2. The maximum atomic E-state index is 15.8. The molecule has 0 N–H and O–H groups in total. The van der Waals surface area contributed by atoms with Gasteiger partial charge in [-0.05, 0) is 139 Å². The highest BCUT2D eigenvalue weighted by Crippen LogP contribution is 2.43. The van der Waals surface area contributed by atoms with Gasteiger partial charge in [0.05, 0.1) is 115 Å². The van der Waals surface area contributed by atoms with Gasteiger partial charge in [0.1, 0.15) is 76.5 Å². The number of thiocarbonyl (C=S) groups is 1. The van der Waals surface area contributed by atoms with Gasteiger partial charge in [-0.1, -0.05) is 57.9 Å². The first kappa shape index (κ1) is 93.2. The molecular formula is C87H66F12N8O19S4.